The van der Waals surface area contributed by atoms with E-state index in [1.807, 2.05) is 25.6 Å². The first-order chi connectivity index (χ1) is 9.02. The second-order valence-corrected chi connectivity index (χ2v) is 7.35. The molecule has 3 N–H and O–H groups in total. The molecule has 2 atom stereocenters. The zero-order valence-corrected chi connectivity index (χ0v) is 12.8. The minimum absolute atomic E-state index is 0.0559. The van der Waals surface area contributed by atoms with E-state index in [9.17, 15) is 4.79 Å². The second-order valence-electron chi connectivity index (χ2n) is 6.12. The van der Waals surface area contributed by atoms with Crippen molar-refractivity contribution in [1.82, 2.24) is 5.32 Å². The number of thioether (sulfide) groups is 1. The van der Waals surface area contributed by atoms with E-state index in [1.165, 1.54) is 11.5 Å². The van der Waals surface area contributed by atoms with Gasteiger partial charge in [-0.1, -0.05) is 13.8 Å². The minimum atomic E-state index is -0.241. The number of primary amides is 1. The zero-order valence-electron chi connectivity index (χ0n) is 12.0. The van der Waals surface area contributed by atoms with Gasteiger partial charge in [-0.25, -0.2) is 0 Å². The Morgan fingerprint density at radius 1 is 1.42 bits per heavy atom. The smallest absolute Gasteiger partial charge is 0.234 e. The highest BCUT2D eigenvalue weighted by Gasteiger charge is 2.39. The molecule has 0 radical (unpaired) electrons. The number of nitrogens with one attached hydrogen (secondary N) is 1. The van der Waals surface area contributed by atoms with Gasteiger partial charge in [-0.15, -0.1) is 0 Å². The van der Waals surface area contributed by atoms with E-state index in [2.05, 4.69) is 5.32 Å². The lowest BCUT2D eigenvalue weighted by atomic mass is 9.85. The zero-order chi connectivity index (χ0) is 13.9. The van der Waals surface area contributed by atoms with Gasteiger partial charge in [0.25, 0.3) is 0 Å². The number of hydrogen-bond acceptors (Lipinski definition) is 4. The van der Waals surface area contributed by atoms with Gasteiger partial charge in [-0.05, 0) is 43.1 Å². The van der Waals surface area contributed by atoms with Crippen LogP contribution in [0.3, 0.4) is 0 Å². The van der Waals surface area contributed by atoms with Crippen LogP contribution in [0.2, 0.25) is 0 Å². The van der Waals surface area contributed by atoms with Crippen molar-refractivity contribution in [2.24, 2.45) is 11.7 Å². The molecule has 19 heavy (non-hydrogen) atoms. The minimum Gasteiger partial charge on any atom is -0.375 e. The maximum Gasteiger partial charge on any atom is 0.234 e. The van der Waals surface area contributed by atoms with Crippen LogP contribution in [0.25, 0.3) is 0 Å². The quantitative estimate of drug-likeness (QED) is 0.822. The van der Waals surface area contributed by atoms with Crippen molar-refractivity contribution >= 4 is 17.7 Å². The number of carbonyl (C=O) groups is 1. The summed E-state index contributed by atoms with van der Waals surface area (Å²) in [6.45, 7) is 4.87. The summed E-state index contributed by atoms with van der Waals surface area (Å²) in [5.41, 5.74) is 5.54. The Hall–Kier alpha value is -0.260. The van der Waals surface area contributed by atoms with Gasteiger partial charge in [0.2, 0.25) is 5.91 Å². The van der Waals surface area contributed by atoms with Crippen molar-refractivity contribution in [3.05, 3.63) is 0 Å². The first kappa shape index (κ1) is 15.1. The summed E-state index contributed by atoms with van der Waals surface area (Å²) < 4.78 is 6.07. The highest BCUT2D eigenvalue weighted by molar-refractivity contribution is 7.99. The molecule has 0 aromatic rings. The van der Waals surface area contributed by atoms with Crippen molar-refractivity contribution in [1.29, 1.82) is 0 Å². The van der Waals surface area contributed by atoms with Gasteiger partial charge in [0.15, 0.2) is 0 Å². The van der Waals surface area contributed by atoms with Gasteiger partial charge in [0, 0.05) is 12.6 Å². The molecule has 2 unspecified atom stereocenters. The van der Waals surface area contributed by atoms with Crippen LogP contribution in [0.4, 0.5) is 0 Å². The van der Waals surface area contributed by atoms with E-state index in [0.29, 0.717) is 6.04 Å². The predicted molar refractivity (Wildman–Crippen MR) is 79.2 cm³/mol. The lowest BCUT2D eigenvalue weighted by Crippen LogP contribution is -2.55. The third kappa shape index (κ3) is 3.86. The first-order valence-electron chi connectivity index (χ1n) is 7.29. The van der Waals surface area contributed by atoms with Crippen LogP contribution in [-0.2, 0) is 9.53 Å². The molecule has 0 aliphatic carbocycles. The molecule has 2 aliphatic heterocycles. The summed E-state index contributed by atoms with van der Waals surface area (Å²) in [6.07, 6.45) is 4.27. The Labute approximate surface area is 120 Å². The van der Waals surface area contributed by atoms with E-state index < -0.39 is 0 Å². The van der Waals surface area contributed by atoms with Gasteiger partial charge in [-0.3, -0.25) is 4.79 Å². The molecule has 110 valence electrons. The van der Waals surface area contributed by atoms with E-state index in [-0.39, 0.29) is 23.5 Å². The van der Waals surface area contributed by atoms with Crippen molar-refractivity contribution in [3.8, 4) is 0 Å². The molecular formula is C14H26N2O2S. The summed E-state index contributed by atoms with van der Waals surface area (Å²) in [5.74, 6) is 2.37. The maximum absolute atomic E-state index is 11.5. The molecule has 5 heteroatoms. The molecular weight excluding hydrogens is 260 g/mol. The number of ether oxygens (including phenoxy) is 1. The lowest BCUT2D eigenvalue weighted by Gasteiger charge is -2.44. The molecule has 2 aliphatic rings. The fraction of sp³-hybridized carbons (Fsp3) is 0.929. The SMILES string of the molecule is CC(C)C(NC1CCOC2(CCSCC2)C1)C(N)=O. The van der Waals surface area contributed by atoms with E-state index in [1.54, 1.807) is 0 Å². The summed E-state index contributed by atoms with van der Waals surface area (Å²) in [4.78, 5) is 11.5. The molecule has 0 bridgehead atoms. The third-order valence-electron chi connectivity index (χ3n) is 4.29. The molecule has 0 aromatic heterocycles. The molecule has 0 aromatic carbocycles. The molecule has 4 nitrogen and oxygen atoms in total. The van der Waals surface area contributed by atoms with Crippen LogP contribution in [0, 0.1) is 5.92 Å². The molecule has 2 rings (SSSR count). The van der Waals surface area contributed by atoms with Gasteiger partial charge >= 0.3 is 0 Å². The Kier molecular flexibility index (Phi) is 5.15. The summed E-state index contributed by atoms with van der Waals surface area (Å²) in [5, 5.41) is 3.47. The number of nitrogens with two attached hydrogens (primary N) is 1. The second kappa shape index (κ2) is 6.46. The Bertz CT molecular complexity index is 311. The van der Waals surface area contributed by atoms with Crippen LogP contribution in [-0.4, -0.2) is 41.7 Å². The standard InChI is InChI=1S/C14H26N2O2S/c1-10(2)12(13(15)17)16-11-3-6-18-14(9-11)4-7-19-8-5-14/h10-12,16H,3-9H2,1-2H3,(H2,15,17). The topological polar surface area (TPSA) is 64.3 Å². The largest absolute Gasteiger partial charge is 0.375 e. The lowest BCUT2D eigenvalue weighted by molar-refractivity contribution is -0.123. The highest BCUT2D eigenvalue weighted by Crippen LogP contribution is 2.37. The average Bonchev–Trinajstić information content (AvgIpc) is 2.36. The van der Waals surface area contributed by atoms with Crippen LogP contribution in [0.15, 0.2) is 0 Å². The summed E-state index contributed by atoms with van der Waals surface area (Å²) in [7, 11) is 0. The number of rotatable bonds is 4. The van der Waals surface area contributed by atoms with Crippen LogP contribution in [0.1, 0.15) is 39.5 Å². The third-order valence-corrected chi connectivity index (χ3v) is 5.27. The fourth-order valence-electron chi connectivity index (χ4n) is 3.12. The van der Waals surface area contributed by atoms with Crippen molar-refractivity contribution in [2.75, 3.05) is 18.1 Å². The van der Waals surface area contributed by atoms with Crippen LogP contribution in [0.5, 0.6) is 0 Å². The van der Waals surface area contributed by atoms with Crippen molar-refractivity contribution in [3.63, 3.8) is 0 Å². The van der Waals surface area contributed by atoms with E-state index in [0.717, 1.165) is 32.3 Å². The number of hydrogen-bond donors (Lipinski definition) is 2. The van der Waals surface area contributed by atoms with Gasteiger partial charge in [0.1, 0.15) is 0 Å². The maximum atomic E-state index is 11.5. The first-order valence-corrected chi connectivity index (χ1v) is 8.45. The Morgan fingerprint density at radius 3 is 2.68 bits per heavy atom. The summed E-state index contributed by atoms with van der Waals surface area (Å²) >= 11 is 2.01. The molecule has 2 saturated heterocycles. The van der Waals surface area contributed by atoms with Gasteiger partial charge in [0.05, 0.1) is 11.6 Å². The Balaban J connectivity index is 1.95. The monoisotopic (exact) mass is 286 g/mol. The van der Waals surface area contributed by atoms with Crippen LogP contribution >= 0.6 is 11.8 Å². The van der Waals surface area contributed by atoms with Gasteiger partial charge < -0.3 is 15.8 Å². The average molecular weight is 286 g/mol. The van der Waals surface area contributed by atoms with Crippen molar-refractivity contribution < 1.29 is 9.53 Å². The normalized spacial score (nSPS) is 28.5. The molecule has 1 spiro atoms. The van der Waals surface area contributed by atoms with Crippen LogP contribution < -0.4 is 11.1 Å². The molecule has 0 saturated carbocycles. The molecule has 1 amide bonds. The fourth-order valence-corrected chi connectivity index (χ4v) is 4.36. The number of amides is 1. The van der Waals surface area contributed by atoms with E-state index >= 15 is 0 Å². The van der Waals surface area contributed by atoms with Crippen molar-refractivity contribution in [2.45, 2.75) is 57.2 Å². The van der Waals surface area contributed by atoms with E-state index in [4.69, 9.17) is 10.5 Å². The van der Waals surface area contributed by atoms with Gasteiger partial charge in [-0.2, -0.15) is 11.8 Å². The highest BCUT2D eigenvalue weighted by atomic mass is 32.2. The number of carbonyl (C=O) groups excluding carboxylic acids is 1. The molecule has 2 heterocycles. The summed E-state index contributed by atoms with van der Waals surface area (Å²) in [6, 6.07) is 0.134. The predicted octanol–water partition coefficient (Wildman–Crippen LogP) is 1.53. The Morgan fingerprint density at radius 2 is 2.11 bits per heavy atom. The molecule has 2 fully saturated rings.